The Bertz CT molecular complexity index is 346. The Morgan fingerprint density at radius 1 is 1.44 bits per heavy atom. The van der Waals surface area contributed by atoms with E-state index < -0.39 is 5.60 Å². The van der Waals surface area contributed by atoms with E-state index in [9.17, 15) is 5.11 Å². The minimum atomic E-state index is -0.502. The molecule has 16 heavy (non-hydrogen) atoms. The van der Waals surface area contributed by atoms with Gasteiger partial charge in [0, 0.05) is 32.0 Å². The third-order valence-electron chi connectivity index (χ3n) is 3.38. The number of hydrogen-bond donors (Lipinski definition) is 1. The van der Waals surface area contributed by atoms with Crippen LogP contribution in [0.5, 0.6) is 0 Å². The van der Waals surface area contributed by atoms with Crippen LogP contribution < -0.4 is 4.90 Å². The van der Waals surface area contributed by atoms with Crippen molar-refractivity contribution in [3.63, 3.8) is 0 Å². The van der Waals surface area contributed by atoms with Crippen molar-refractivity contribution < 1.29 is 5.11 Å². The molecule has 0 saturated carbocycles. The molecule has 1 aliphatic rings. The van der Waals surface area contributed by atoms with Gasteiger partial charge in [0.15, 0.2) is 0 Å². The Morgan fingerprint density at radius 3 is 3.00 bits per heavy atom. The summed E-state index contributed by atoms with van der Waals surface area (Å²) in [5.74, 6) is 1.04. The van der Waals surface area contributed by atoms with E-state index in [1.54, 1.807) is 0 Å². The molecule has 1 aromatic rings. The van der Waals surface area contributed by atoms with Crippen LogP contribution in [0.4, 0.5) is 5.95 Å². The van der Waals surface area contributed by atoms with Crippen LogP contribution >= 0.6 is 0 Å². The van der Waals surface area contributed by atoms with E-state index in [-0.39, 0.29) is 0 Å². The molecular formula is C12H21N3O. The summed E-state index contributed by atoms with van der Waals surface area (Å²) in [6.07, 6.45) is 6.60. The molecular weight excluding hydrogens is 202 g/mol. The highest BCUT2D eigenvalue weighted by Gasteiger charge is 2.26. The molecule has 0 bridgehead atoms. The molecule has 2 rings (SSSR count). The van der Waals surface area contributed by atoms with Gasteiger partial charge in [-0.05, 0) is 33.1 Å². The average Bonchev–Trinajstić information content (AvgIpc) is 2.63. The minimum absolute atomic E-state index is 0.502. The van der Waals surface area contributed by atoms with Crippen molar-refractivity contribution >= 4 is 5.95 Å². The lowest BCUT2D eigenvalue weighted by molar-refractivity contribution is 0.0481. The lowest BCUT2D eigenvalue weighted by atomic mass is 9.98. The summed E-state index contributed by atoms with van der Waals surface area (Å²) in [6, 6.07) is 0. The summed E-state index contributed by atoms with van der Waals surface area (Å²) < 4.78 is 2.15. The molecule has 0 amide bonds. The maximum absolute atomic E-state index is 10.0. The summed E-state index contributed by atoms with van der Waals surface area (Å²) in [4.78, 5) is 6.69. The predicted octanol–water partition coefficient (Wildman–Crippen LogP) is 1.64. The van der Waals surface area contributed by atoms with Gasteiger partial charge in [-0.25, -0.2) is 4.98 Å². The second-order valence-corrected chi connectivity index (χ2v) is 4.85. The molecule has 1 atom stereocenters. The molecule has 1 unspecified atom stereocenters. The number of imidazole rings is 1. The molecule has 0 aromatic carbocycles. The van der Waals surface area contributed by atoms with E-state index in [0.717, 1.165) is 44.8 Å². The minimum Gasteiger partial charge on any atom is -0.390 e. The topological polar surface area (TPSA) is 41.3 Å². The molecule has 0 radical (unpaired) electrons. The smallest absolute Gasteiger partial charge is 0.205 e. The summed E-state index contributed by atoms with van der Waals surface area (Å²) in [6.45, 7) is 6.89. The Balaban J connectivity index is 2.11. The highest BCUT2D eigenvalue weighted by atomic mass is 16.3. The molecule has 1 aliphatic heterocycles. The average molecular weight is 223 g/mol. The molecule has 4 nitrogen and oxygen atoms in total. The molecule has 0 spiro atoms. The van der Waals surface area contributed by atoms with Gasteiger partial charge in [-0.2, -0.15) is 0 Å². The number of nitrogens with zero attached hydrogens (tertiary/aromatic N) is 3. The molecule has 1 fully saturated rings. The van der Waals surface area contributed by atoms with Crippen molar-refractivity contribution in [2.45, 2.75) is 45.3 Å². The van der Waals surface area contributed by atoms with Crippen LogP contribution in [0.3, 0.4) is 0 Å². The molecule has 0 aliphatic carbocycles. The number of aromatic nitrogens is 2. The molecule has 4 heteroatoms. The zero-order valence-electron chi connectivity index (χ0n) is 10.2. The largest absolute Gasteiger partial charge is 0.390 e. The van der Waals surface area contributed by atoms with Gasteiger partial charge >= 0.3 is 0 Å². The zero-order chi connectivity index (χ0) is 11.6. The van der Waals surface area contributed by atoms with Crippen LogP contribution in [-0.4, -0.2) is 33.3 Å². The van der Waals surface area contributed by atoms with Crippen molar-refractivity contribution in [3.05, 3.63) is 12.4 Å². The maximum Gasteiger partial charge on any atom is 0.205 e. The Labute approximate surface area is 96.9 Å². The lowest BCUT2D eigenvalue weighted by Crippen LogP contribution is -2.30. The van der Waals surface area contributed by atoms with Gasteiger partial charge in [-0.1, -0.05) is 0 Å². The second kappa shape index (κ2) is 4.45. The SMILES string of the molecule is CCn1ccnc1N1CCCC(C)(O)CC1. The van der Waals surface area contributed by atoms with E-state index in [2.05, 4.69) is 21.4 Å². The van der Waals surface area contributed by atoms with Crippen LogP contribution in [0.2, 0.25) is 0 Å². The Hall–Kier alpha value is -1.03. The van der Waals surface area contributed by atoms with Gasteiger partial charge in [0.1, 0.15) is 0 Å². The van der Waals surface area contributed by atoms with Crippen LogP contribution in [0.15, 0.2) is 12.4 Å². The summed E-state index contributed by atoms with van der Waals surface area (Å²) >= 11 is 0. The van der Waals surface area contributed by atoms with Crippen LogP contribution in [0.1, 0.15) is 33.1 Å². The first-order chi connectivity index (χ1) is 7.62. The van der Waals surface area contributed by atoms with Gasteiger partial charge in [0.05, 0.1) is 5.60 Å². The van der Waals surface area contributed by atoms with E-state index in [1.807, 2.05) is 19.3 Å². The number of anilines is 1. The number of aryl methyl sites for hydroxylation is 1. The third kappa shape index (κ3) is 2.38. The molecule has 1 aromatic heterocycles. The summed E-state index contributed by atoms with van der Waals surface area (Å²) in [5.41, 5.74) is -0.502. The van der Waals surface area contributed by atoms with Gasteiger partial charge in [-0.3, -0.25) is 0 Å². The zero-order valence-corrected chi connectivity index (χ0v) is 10.2. The third-order valence-corrected chi connectivity index (χ3v) is 3.38. The fourth-order valence-electron chi connectivity index (χ4n) is 2.29. The first kappa shape index (κ1) is 11.5. The van der Waals surface area contributed by atoms with Gasteiger partial charge in [0.25, 0.3) is 0 Å². The highest BCUT2D eigenvalue weighted by molar-refractivity contribution is 5.31. The van der Waals surface area contributed by atoms with E-state index in [1.165, 1.54) is 0 Å². The lowest BCUT2D eigenvalue weighted by Gasteiger charge is -2.23. The number of rotatable bonds is 2. The molecule has 90 valence electrons. The van der Waals surface area contributed by atoms with E-state index in [4.69, 9.17) is 0 Å². The standard InChI is InChI=1S/C12H21N3O/c1-3-14-10-7-13-11(14)15-8-4-5-12(2,16)6-9-15/h7,10,16H,3-6,8-9H2,1-2H3. The molecule has 1 N–H and O–H groups in total. The van der Waals surface area contributed by atoms with Crippen molar-refractivity contribution in [2.24, 2.45) is 0 Å². The maximum atomic E-state index is 10.0. The molecule has 1 saturated heterocycles. The van der Waals surface area contributed by atoms with Gasteiger partial charge in [0.2, 0.25) is 5.95 Å². The van der Waals surface area contributed by atoms with Crippen molar-refractivity contribution in [3.8, 4) is 0 Å². The summed E-state index contributed by atoms with van der Waals surface area (Å²) in [5, 5.41) is 10.0. The van der Waals surface area contributed by atoms with E-state index >= 15 is 0 Å². The first-order valence-corrected chi connectivity index (χ1v) is 6.11. The number of hydrogen-bond acceptors (Lipinski definition) is 3. The van der Waals surface area contributed by atoms with Crippen molar-refractivity contribution in [2.75, 3.05) is 18.0 Å². The normalized spacial score (nSPS) is 26.8. The highest BCUT2D eigenvalue weighted by Crippen LogP contribution is 2.24. The molecule has 2 heterocycles. The fourth-order valence-corrected chi connectivity index (χ4v) is 2.29. The Morgan fingerprint density at radius 2 is 2.25 bits per heavy atom. The quantitative estimate of drug-likeness (QED) is 0.828. The summed E-state index contributed by atoms with van der Waals surface area (Å²) in [7, 11) is 0. The monoisotopic (exact) mass is 223 g/mol. The van der Waals surface area contributed by atoms with Crippen LogP contribution in [-0.2, 0) is 6.54 Å². The van der Waals surface area contributed by atoms with E-state index in [0.29, 0.717) is 0 Å². The fraction of sp³-hybridized carbons (Fsp3) is 0.750. The first-order valence-electron chi connectivity index (χ1n) is 6.11. The number of aliphatic hydroxyl groups is 1. The van der Waals surface area contributed by atoms with Crippen LogP contribution in [0.25, 0.3) is 0 Å². The van der Waals surface area contributed by atoms with Gasteiger partial charge < -0.3 is 14.6 Å². The van der Waals surface area contributed by atoms with Crippen molar-refractivity contribution in [1.82, 2.24) is 9.55 Å². The predicted molar refractivity (Wildman–Crippen MR) is 64.6 cm³/mol. The Kier molecular flexibility index (Phi) is 3.19. The second-order valence-electron chi connectivity index (χ2n) is 4.85. The van der Waals surface area contributed by atoms with Gasteiger partial charge in [-0.15, -0.1) is 0 Å². The van der Waals surface area contributed by atoms with Crippen molar-refractivity contribution in [1.29, 1.82) is 0 Å². The van der Waals surface area contributed by atoms with Crippen LogP contribution in [0, 0.1) is 0 Å².